The Labute approximate surface area is 357 Å². The van der Waals surface area contributed by atoms with E-state index >= 15 is 0 Å². The predicted octanol–water partition coefficient (Wildman–Crippen LogP) is 10.5. The molecule has 0 radical (unpaired) electrons. The molecule has 0 atom stereocenters. The summed E-state index contributed by atoms with van der Waals surface area (Å²) in [4.78, 5) is 27.8. The molecule has 0 bridgehead atoms. The lowest BCUT2D eigenvalue weighted by Crippen LogP contribution is -2.41. The van der Waals surface area contributed by atoms with E-state index in [4.69, 9.17) is 37.4 Å². The Morgan fingerprint density at radius 2 is 1.12 bits per heavy atom. The first-order valence-corrected chi connectivity index (χ1v) is 21.8. The van der Waals surface area contributed by atoms with Gasteiger partial charge in [0, 0.05) is 32.1 Å². The molecule has 2 amide bonds. The Bertz CT molecular complexity index is 1800. The summed E-state index contributed by atoms with van der Waals surface area (Å²) in [7, 11) is -3.62. The van der Waals surface area contributed by atoms with Crippen LogP contribution in [-0.4, -0.2) is 97.9 Å². The molecule has 1 N–H and O–H groups in total. The van der Waals surface area contributed by atoms with Crippen molar-refractivity contribution in [2.45, 2.75) is 110 Å². The number of hydrogen-bond acceptors (Lipinski definition) is 9. The molecule has 14 heteroatoms. The average Bonchev–Trinajstić information content (AvgIpc) is 3.16. The number of carbonyl (C=O) groups is 2. The summed E-state index contributed by atoms with van der Waals surface area (Å²) < 4.78 is 44.1. The van der Waals surface area contributed by atoms with E-state index in [9.17, 15) is 23.1 Å². The summed E-state index contributed by atoms with van der Waals surface area (Å²) in [6, 6.07) is 22.0. The molecule has 0 saturated carbocycles. The van der Waals surface area contributed by atoms with Gasteiger partial charge in [-0.15, -0.1) is 23.2 Å². The van der Waals surface area contributed by atoms with E-state index in [1.807, 2.05) is 84.9 Å². The highest BCUT2D eigenvalue weighted by Crippen LogP contribution is 2.35. The normalized spacial score (nSPS) is 15.1. The second-order valence-electron chi connectivity index (χ2n) is 15.9. The van der Waals surface area contributed by atoms with Crippen molar-refractivity contribution >= 4 is 45.5 Å². The van der Waals surface area contributed by atoms with Crippen molar-refractivity contribution in [3.8, 4) is 11.5 Å². The third-order valence-corrected chi connectivity index (χ3v) is 10.6. The van der Waals surface area contributed by atoms with Gasteiger partial charge in [0.1, 0.15) is 29.3 Å². The highest BCUT2D eigenvalue weighted by atomic mass is 35.5. The zero-order valence-electron chi connectivity index (χ0n) is 34.3. The average molecular weight is 868 g/mol. The van der Waals surface area contributed by atoms with Crippen molar-refractivity contribution in [3.05, 3.63) is 89.5 Å². The van der Waals surface area contributed by atoms with Crippen LogP contribution >= 0.6 is 23.2 Å². The van der Waals surface area contributed by atoms with Gasteiger partial charge in [-0.25, -0.2) is 9.59 Å². The molecule has 3 aromatic rings. The summed E-state index contributed by atoms with van der Waals surface area (Å²) in [5.74, 6) is 2.61. The van der Waals surface area contributed by atoms with Gasteiger partial charge in [0.2, 0.25) is 0 Å². The summed E-state index contributed by atoms with van der Waals surface area (Å²) in [6.07, 6.45) is 3.09. The van der Waals surface area contributed by atoms with Gasteiger partial charge >= 0.3 is 12.2 Å². The number of phenolic OH excluding ortho intramolecular Hbond substituents is 1. The third kappa shape index (κ3) is 17.3. The van der Waals surface area contributed by atoms with E-state index in [1.54, 1.807) is 28.0 Å². The Morgan fingerprint density at radius 1 is 0.690 bits per heavy atom. The number of carbonyl (C=O) groups excluding carboxylic acids is 2. The Hall–Kier alpha value is -3.71. The Balaban J connectivity index is 0.000000306. The van der Waals surface area contributed by atoms with E-state index in [-0.39, 0.29) is 37.0 Å². The fourth-order valence-corrected chi connectivity index (χ4v) is 7.40. The van der Waals surface area contributed by atoms with Gasteiger partial charge in [-0.3, -0.25) is 4.18 Å². The van der Waals surface area contributed by atoms with Crippen molar-refractivity contribution in [2.24, 2.45) is 0 Å². The zero-order valence-corrected chi connectivity index (χ0v) is 36.7. The summed E-state index contributed by atoms with van der Waals surface area (Å²) in [5, 5.41) is 9.89. The van der Waals surface area contributed by atoms with Crippen LogP contribution in [0.4, 0.5) is 9.59 Å². The van der Waals surface area contributed by atoms with Crippen LogP contribution in [0, 0.1) is 6.92 Å². The van der Waals surface area contributed by atoms with Crippen molar-refractivity contribution in [1.82, 2.24) is 9.80 Å². The number of ether oxygens (including phenoxy) is 3. The maximum atomic E-state index is 12.1. The van der Waals surface area contributed by atoms with Crippen molar-refractivity contribution in [1.29, 1.82) is 0 Å². The lowest BCUT2D eigenvalue weighted by Gasteiger charge is -2.34. The number of benzene rings is 3. The lowest BCUT2D eigenvalue weighted by molar-refractivity contribution is 0.0194. The quantitative estimate of drug-likeness (QED) is 0.165. The molecule has 3 aromatic carbocycles. The van der Waals surface area contributed by atoms with Gasteiger partial charge in [0.15, 0.2) is 0 Å². The number of halogens is 2. The van der Waals surface area contributed by atoms with Crippen LogP contribution < -0.4 is 4.74 Å². The second-order valence-corrected chi connectivity index (χ2v) is 18.3. The minimum absolute atomic E-state index is 0. The molecule has 2 aliphatic rings. The molecule has 5 rings (SSSR count). The number of alkyl halides is 2. The molecule has 2 fully saturated rings. The molecule has 58 heavy (non-hydrogen) atoms. The fourth-order valence-electron chi connectivity index (χ4n) is 6.24. The number of nitrogens with zero attached hydrogens (tertiary/aromatic N) is 2. The van der Waals surface area contributed by atoms with E-state index in [1.165, 1.54) is 17.7 Å². The Kier molecular flexibility index (Phi) is 20.7. The second kappa shape index (κ2) is 23.8. The first-order valence-electron chi connectivity index (χ1n) is 19.4. The molecule has 2 aliphatic heterocycles. The molecule has 324 valence electrons. The van der Waals surface area contributed by atoms with Crippen LogP contribution in [0.3, 0.4) is 0 Å². The fraction of sp³-hybridized carbons (Fsp3) is 0.545. The first-order chi connectivity index (χ1) is 26.8. The SMILES string of the molecule is C.CC(C)(C)OC(=O)N1CCC(c2ccccc2O)CC1.CC(C)(C)OC(=O)N1CCC(c2ccccc2OCCCl)CC1.Cc1ccc(S(=O)(=O)OCCCl)cc1. The molecule has 2 heterocycles. The Morgan fingerprint density at radius 3 is 1.57 bits per heavy atom. The molecule has 11 nitrogen and oxygen atoms in total. The number of hydrogen-bond donors (Lipinski definition) is 1. The summed E-state index contributed by atoms with van der Waals surface area (Å²) >= 11 is 11.0. The number of para-hydroxylation sites is 2. The largest absolute Gasteiger partial charge is 0.508 e. The third-order valence-electron chi connectivity index (χ3n) is 8.99. The van der Waals surface area contributed by atoms with Crippen LogP contribution in [0.5, 0.6) is 11.5 Å². The number of piperidine rings is 2. The van der Waals surface area contributed by atoms with Gasteiger partial charge in [0.25, 0.3) is 10.1 Å². The van der Waals surface area contributed by atoms with Crippen LogP contribution in [0.2, 0.25) is 0 Å². The van der Waals surface area contributed by atoms with Crippen molar-refractivity contribution < 1.29 is 41.5 Å². The predicted molar refractivity (Wildman–Crippen MR) is 232 cm³/mol. The van der Waals surface area contributed by atoms with Crippen LogP contribution in [0.1, 0.15) is 103 Å². The van der Waals surface area contributed by atoms with E-state index in [0.717, 1.165) is 42.6 Å². The number of aromatic hydroxyl groups is 1. The van der Waals surface area contributed by atoms with Crippen LogP contribution in [0.15, 0.2) is 77.7 Å². The number of amides is 2. The highest BCUT2D eigenvalue weighted by molar-refractivity contribution is 7.86. The topological polar surface area (TPSA) is 132 Å². The van der Waals surface area contributed by atoms with Crippen LogP contribution in [-0.2, 0) is 23.8 Å². The molecule has 0 spiro atoms. The molecule has 0 aromatic heterocycles. The highest BCUT2D eigenvalue weighted by Gasteiger charge is 2.30. The molecular formula is C44H64Cl2N2O9S. The van der Waals surface area contributed by atoms with Crippen molar-refractivity contribution in [2.75, 3.05) is 51.2 Å². The van der Waals surface area contributed by atoms with Crippen molar-refractivity contribution in [3.63, 3.8) is 0 Å². The smallest absolute Gasteiger partial charge is 0.410 e. The summed E-state index contributed by atoms with van der Waals surface area (Å²) in [5.41, 5.74) is 2.29. The maximum absolute atomic E-state index is 12.1. The van der Waals surface area contributed by atoms with E-state index in [0.29, 0.717) is 56.3 Å². The van der Waals surface area contributed by atoms with Gasteiger partial charge in [-0.2, -0.15) is 8.42 Å². The summed E-state index contributed by atoms with van der Waals surface area (Å²) in [6.45, 7) is 16.5. The van der Waals surface area contributed by atoms with E-state index < -0.39 is 21.3 Å². The lowest BCUT2D eigenvalue weighted by atomic mass is 9.89. The first kappa shape index (κ1) is 50.4. The van der Waals surface area contributed by atoms with E-state index in [2.05, 4.69) is 10.2 Å². The number of likely N-dealkylation sites (tertiary alicyclic amines) is 2. The molecule has 2 saturated heterocycles. The molecular weight excluding hydrogens is 803 g/mol. The minimum atomic E-state index is -3.62. The number of phenols is 1. The minimum Gasteiger partial charge on any atom is -0.508 e. The van der Waals surface area contributed by atoms with Gasteiger partial charge in [-0.05, 0) is 121 Å². The molecule has 0 aliphatic carbocycles. The van der Waals surface area contributed by atoms with Gasteiger partial charge in [-0.1, -0.05) is 61.5 Å². The van der Waals surface area contributed by atoms with Gasteiger partial charge < -0.3 is 29.1 Å². The monoisotopic (exact) mass is 866 g/mol. The molecule has 0 unspecified atom stereocenters. The maximum Gasteiger partial charge on any atom is 0.410 e. The zero-order chi connectivity index (χ0) is 42.2. The van der Waals surface area contributed by atoms with Crippen LogP contribution in [0.25, 0.3) is 0 Å². The van der Waals surface area contributed by atoms with Gasteiger partial charge in [0.05, 0.1) is 17.4 Å². The number of rotatable bonds is 9. The number of aryl methyl sites for hydroxylation is 1. The standard InChI is InChI=1S/C18H26ClNO3.C16H23NO3.C9H11ClO3S.CH4/c1-18(2,3)23-17(21)20-11-8-14(9-12-20)15-6-4-5-7-16(15)22-13-10-19;1-16(2,3)20-15(19)17-10-8-12(9-11-17)13-6-4-5-7-14(13)18;1-8-2-4-9(5-3-8)14(11,12)13-7-6-10;/h4-7,14H,8-13H2,1-3H3;4-7,12,18H,8-11H2,1-3H3;2-5H,6-7H2,1H3;1H4.